The minimum atomic E-state index is -0.769. The number of likely N-dealkylation sites (tertiary alicyclic amines) is 1. The van der Waals surface area contributed by atoms with E-state index in [9.17, 15) is 19.1 Å². The molecule has 1 N–H and O–H groups in total. The Morgan fingerprint density at radius 3 is 2.27 bits per heavy atom. The fraction of sp³-hybridized carbons (Fsp3) is 0.185. The maximum atomic E-state index is 13.4. The van der Waals surface area contributed by atoms with E-state index in [0.717, 1.165) is 5.56 Å². The van der Waals surface area contributed by atoms with Gasteiger partial charge in [-0.05, 0) is 60.9 Å². The molecule has 1 aliphatic rings. The first-order chi connectivity index (χ1) is 16.0. The monoisotopic (exact) mass is 445 g/mol. The molecule has 1 atom stereocenters. The predicted molar refractivity (Wildman–Crippen MR) is 123 cm³/mol. The van der Waals surface area contributed by atoms with Crippen molar-refractivity contribution in [3.63, 3.8) is 0 Å². The highest BCUT2D eigenvalue weighted by Crippen LogP contribution is 2.39. The van der Waals surface area contributed by atoms with Crippen LogP contribution in [0.5, 0.6) is 5.75 Å². The van der Waals surface area contributed by atoms with Gasteiger partial charge in [0, 0.05) is 12.1 Å². The van der Waals surface area contributed by atoms with E-state index >= 15 is 0 Å². The van der Waals surface area contributed by atoms with Crippen LogP contribution in [0.25, 0.3) is 5.76 Å². The Kier molecular flexibility index (Phi) is 6.54. The van der Waals surface area contributed by atoms with Gasteiger partial charge in [-0.25, -0.2) is 4.39 Å². The average molecular weight is 445 g/mol. The summed E-state index contributed by atoms with van der Waals surface area (Å²) in [5.41, 5.74) is 1.97. The molecule has 0 bridgehead atoms. The van der Waals surface area contributed by atoms with Crippen molar-refractivity contribution in [2.45, 2.75) is 19.4 Å². The van der Waals surface area contributed by atoms with Gasteiger partial charge in [-0.15, -0.1) is 0 Å². The summed E-state index contributed by atoms with van der Waals surface area (Å²) < 4.78 is 18.9. The normalized spacial score (nSPS) is 17.4. The molecule has 3 aromatic rings. The highest BCUT2D eigenvalue weighted by molar-refractivity contribution is 6.46. The molecule has 1 unspecified atom stereocenters. The molecule has 1 aliphatic heterocycles. The molecule has 4 rings (SSSR count). The first kappa shape index (κ1) is 22.3. The Labute approximate surface area is 191 Å². The number of halogens is 1. The summed E-state index contributed by atoms with van der Waals surface area (Å²) in [6.07, 6.45) is 0.554. The van der Waals surface area contributed by atoms with Crippen LogP contribution in [0.15, 0.2) is 84.4 Å². The van der Waals surface area contributed by atoms with Crippen LogP contribution in [-0.4, -0.2) is 34.8 Å². The molecule has 1 amide bonds. The molecule has 0 aliphatic carbocycles. The van der Waals surface area contributed by atoms with Crippen LogP contribution in [-0.2, 0) is 16.0 Å². The number of carbonyl (C=O) groups is 2. The second kappa shape index (κ2) is 9.69. The lowest BCUT2D eigenvalue weighted by Gasteiger charge is -2.25. The van der Waals surface area contributed by atoms with Crippen LogP contribution < -0.4 is 4.74 Å². The number of amides is 1. The Hall–Kier alpha value is -3.93. The molecule has 168 valence electrons. The summed E-state index contributed by atoms with van der Waals surface area (Å²) in [5, 5.41) is 11.0. The summed E-state index contributed by atoms with van der Waals surface area (Å²) in [6, 6.07) is 21.2. The van der Waals surface area contributed by atoms with Crippen molar-refractivity contribution in [3.05, 3.63) is 107 Å². The van der Waals surface area contributed by atoms with Crippen molar-refractivity contribution in [2.75, 3.05) is 13.2 Å². The smallest absolute Gasteiger partial charge is 0.295 e. The zero-order chi connectivity index (χ0) is 23.4. The first-order valence-electron chi connectivity index (χ1n) is 10.8. The summed E-state index contributed by atoms with van der Waals surface area (Å²) >= 11 is 0. The molecule has 33 heavy (non-hydrogen) atoms. The number of benzene rings is 3. The number of carbonyl (C=O) groups excluding carboxylic acids is 2. The Morgan fingerprint density at radius 2 is 1.64 bits per heavy atom. The fourth-order valence-electron chi connectivity index (χ4n) is 4.03. The van der Waals surface area contributed by atoms with Crippen molar-refractivity contribution in [1.82, 2.24) is 4.90 Å². The van der Waals surface area contributed by atoms with E-state index in [1.165, 1.54) is 29.2 Å². The Balaban J connectivity index is 1.76. The second-order valence-electron chi connectivity index (χ2n) is 7.74. The van der Waals surface area contributed by atoms with E-state index < -0.39 is 23.5 Å². The number of aliphatic hydroxyl groups excluding tert-OH is 1. The summed E-state index contributed by atoms with van der Waals surface area (Å²) in [7, 11) is 0. The minimum Gasteiger partial charge on any atom is -0.507 e. The number of hydrogen-bond donors (Lipinski definition) is 1. The number of Topliss-reactive ketones (excluding diaryl/α,β-unsaturated/α-hetero) is 1. The predicted octanol–water partition coefficient (Wildman–Crippen LogP) is 4.89. The van der Waals surface area contributed by atoms with Gasteiger partial charge in [0.2, 0.25) is 0 Å². The molecule has 6 heteroatoms. The standard InChI is InChI=1S/C27H24FNO4/c1-2-33-22-14-10-19(11-15-22)24-23(25(30)20-8-12-21(28)13-9-20)26(31)27(32)29(24)17-16-18-6-4-3-5-7-18/h3-15,24,30H,2,16-17H2,1H3/b25-23+. The molecule has 1 saturated heterocycles. The van der Waals surface area contributed by atoms with Crippen molar-refractivity contribution >= 4 is 17.4 Å². The highest BCUT2D eigenvalue weighted by Gasteiger charge is 2.45. The van der Waals surface area contributed by atoms with Gasteiger partial charge in [0.1, 0.15) is 17.3 Å². The zero-order valence-corrected chi connectivity index (χ0v) is 18.2. The number of ketones is 1. The summed E-state index contributed by atoms with van der Waals surface area (Å²) in [5.74, 6) is -1.55. The third-order valence-electron chi connectivity index (χ3n) is 5.65. The Morgan fingerprint density at radius 1 is 0.970 bits per heavy atom. The van der Waals surface area contributed by atoms with Crippen molar-refractivity contribution < 1.29 is 23.8 Å². The van der Waals surface area contributed by atoms with Gasteiger partial charge in [-0.1, -0.05) is 42.5 Å². The van der Waals surface area contributed by atoms with E-state index in [4.69, 9.17) is 4.74 Å². The first-order valence-corrected chi connectivity index (χ1v) is 10.8. The third-order valence-corrected chi connectivity index (χ3v) is 5.65. The van der Waals surface area contributed by atoms with Crippen LogP contribution in [0.3, 0.4) is 0 Å². The average Bonchev–Trinajstić information content (AvgIpc) is 3.09. The molecule has 0 spiro atoms. The number of aliphatic hydroxyl groups is 1. The van der Waals surface area contributed by atoms with Crippen LogP contribution >= 0.6 is 0 Å². The maximum absolute atomic E-state index is 13.4. The third kappa shape index (κ3) is 4.65. The zero-order valence-electron chi connectivity index (χ0n) is 18.2. The largest absolute Gasteiger partial charge is 0.507 e. The molecule has 5 nitrogen and oxygen atoms in total. The van der Waals surface area contributed by atoms with Crippen LogP contribution in [0, 0.1) is 5.82 Å². The number of rotatable bonds is 7. The topological polar surface area (TPSA) is 66.8 Å². The number of ether oxygens (including phenoxy) is 1. The van der Waals surface area contributed by atoms with E-state index in [1.807, 2.05) is 37.3 Å². The van der Waals surface area contributed by atoms with E-state index in [1.54, 1.807) is 24.3 Å². The Bertz CT molecular complexity index is 1170. The van der Waals surface area contributed by atoms with Gasteiger partial charge in [0.25, 0.3) is 11.7 Å². The molecular formula is C27H24FNO4. The molecule has 1 fully saturated rings. The van der Waals surface area contributed by atoms with E-state index in [2.05, 4.69) is 0 Å². The van der Waals surface area contributed by atoms with Gasteiger partial charge in [0.15, 0.2) is 0 Å². The second-order valence-corrected chi connectivity index (χ2v) is 7.74. The summed E-state index contributed by atoms with van der Waals surface area (Å²) in [4.78, 5) is 27.6. The molecule has 3 aromatic carbocycles. The number of hydrogen-bond acceptors (Lipinski definition) is 4. The van der Waals surface area contributed by atoms with Crippen LogP contribution in [0.1, 0.15) is 29.7 Å². The van der Waals surface area contributed by atoms with E-state index in [-0.39, 0.29) is 16.9 Å². The van der Waals surface area contributed by atoms with Crippen LogP contribution in [0.2, 0.25) is 0 Å². The SMILES string of the molecule is CCOc1ccc(C2/C(=C(\O)c3ccc(F)cc3)C(=O)C(=O)N2CCc2ccccc2)cc1. The minimum absolute atomic E-state index is 0.0103. The molecule has 0 saturated carbocycles. The van der Waals surface area contributed by atoms with Crippen LogP contribution in [0.4, 0.5) is 4.39 Å². The van der Waals surface area contributed by atoms with E-state index in [0.29, 0.717) is 30.9 Å². The lowest BCUT2D eigenvalue weighted by atomic mass is 9.95. The fourth-order valence-corrected chi connectivity index (χ4v) is 4.03. The summed E-state index contributed by atoms with van der Waals surface area (Å²) in [6.45, 7) is 2.70. The molecule has 1 heterocycles. The van der Waals surface area contributed by atoms with Gasteiger partial charge in [-0.2, -0.15) is 0 Å². The van der Waals surface area contributed by atoms with Crippen molar-refractivity contribution in [3.8, 4) is 5.75 Å². The van der Waals surface area contributed by atoms with Gasteiger partial charge < -0.3 is 14.7 Å². The van der Waals surface area contributed by atoms with Crippen molar-refractivity contribution in [2.24, 2.45) is 0 Å². The van der Waals surface area contributed by atoms with Gasteiger partial charge in [-0.3, -0.25) is 9.59 Å². The van der Waals surface area contributed by atoms with Gasteiger partial charge in [0.05, 0.1) is 18.2 Å². The highest BCUT2D eigenvalue weighted by atomic mass is 19.1. The maximum Gasteiger partial charge on any atom is 0.295 e. The lowest BCUT2D eigenvalue weighted by molar-refractivity contribution is -0.139. The quantitative estimate of drug-likeness (QED) is 0.320. The molecule has 0 radical (unpaired) electrons. The lowest BCUT2D eigenvalue weighted by Crippen LogP contribution is -2.31. The molecular weight excluding hydrogens is 421 g/mol. The molecule has 0 aromatic heterocycles. The van der Waals surface area contributed by atoms with Gasteiger partial charge >= 0.3 is 0 Å². The van der Waals surface area contributed by atoms with Crippen molar-refractivity contribution in [1.29, 1.82) is 0 Å². The number of nitrogens with zero attached hydrogens (tertiary/aromatic N) is 1.